The van der Waals surface area contributed by atoms with E-state index in [1.807, 2.05) is 27.7 Å². The summed E-state index contributed by atoms with van der Waals surface area (Å²) in [6, 6.07) is 4.60. The smallest absolute Gasteiger partial charge is 0.335 e. The number of aromatic carboxylic acids is 1. The Morgan fingerprint density at radius 1 is 1.17 bits per heavy atom. The number of carbonyl (C=O) groups is 2. The van der Waals surface area contributed by atoms with E-state index in [-0.39, 0.29) is 11.3 Å². The summed E-state index contributed by atoms with van der Waals surface area (Å²) in [6.45, 7) is 9.79. The first-order valence-corrected chi connectivity index (χ1v) is 7.94. The van der Waals surface area contributed by atoms with Crippen LogP contribution in [0.3, 0.4) is 0 Å². The maximum atomic E-state index is 11.5. The molecule has 0 saturated carbocycles. The molecule has 5 heteroatoms. The summed E-state index contributed by atoms with van der Waals surface area (Å²) >= 11 is 0. The molecule has 1 aliphatic rings. The first kappa shape index (κ1) is 20.7. The summed E-state index contributed by atoms with van der Waals surface area (Å²) in [5, 5.41) is 12.1. The predicted molar refractivity (Wildman–Crippen MR) is 93.2 cm³/mol. The van der Waals surface area contributed by atoms with E-state index in [2.05, 4.69) is 5.32 Å². The van der Waals surface area contributed by atoms with E-state index in [0.717, 1.165) is 11.3 Å². The van der Waals surface area contributed by atoms with Crippen molar-refractivity contribution in [2.45, 2.75) is 47.5 Å². The molecule has 2 N–H and O–H groups in total. The number of anilines is 1. The van der Waals surface area contributed by atoms with Gasteiger partial charge in [-0.3, -0.25) is 4.79 Å². The van der Waals surface area contributed by atoms with E-state index in [1.165, 1.54) is 19.2 Å². The molecule has 0 unspecified atom stereocenters. The van der Waals surface area contributed by atoms with E-state index in [4.69, 9.17) is 9.84 Å². The van der Waals surface area contributed by atoms with Crippen LogP contribution in [0.4, 0.5) is 5.69 Å². The Morgan fingerprint density at radius 2 is 1.78 bits per heavy atom. The van der Waals surface area contributed by atoms with Crippen molar-refractivity contribution in [3.8, 4) is 5.75 Å². The molecule has 5 nitrogen and oxygen atoms in total. The summed E-state index contributed by atoms with van der Waals surface area (Å²) < 4.78 is 5.18. The zero-order valence-corrected chi connectivity index (χ0v) is 14.8. The molecule has 0 heterocycles. The van der Waals surface area contributed by atoms with Gasteiger partial charge in [0, 0.05) is 17.7 Å². The molecule has 23 heavy (non-hydrogen) atoms. The van der Waals surface area contributed by atoms with Gasteiger partial charge in [0.1, 0.15) is 5.75 Å². The lowest BCUT2D eigenvalue weighted by atomic mass is 10.1. The molecule has 0 radical (unpaired) electrons. The van der Waals surface area contributed by atoms with Gasteiger partial charge in [-0.05, 0) is 31.5 Å². The Kier molecular flexibility index (Phi) is 9.39. The SMILES string of the molecule is CC.CC.COc1cc(C(=O)O)ccc1NC1=C(C)C(=O)CC1. The molecule has 2 rings (SSSR count). The quantitative estimate of drug-likeness (QED) is 0.854. The molecule has 0 bridgehead atoms. The minimum absolute atomic E-state index is 0.142. The molecule has 0 atom stereocenters. The molecule has 0 spiro atoms. The van der Waals surface area contributed by atoms with Gasteiger partial charge in [0.15, 0.2) is 5.78 Å². The number of hydrogen-bond acceptors (Lipinski definition) is 4. The van der Waals surface area contributed by atoms with Gasteiger partial charge in [0.25, 0.3) is 0 Å². The van der Waals surface area contributed by atoms with Crippen molar-refractivity contribution in [3.05, 3.63) is 35.0 Å². The van der Waals surface area contributed by atoms with Crippen LogP contribution in [0.5, 0.6) is 5.75 Å². The van der Waals surface area contributed by atoms with Crippen LogP contribution in [0.1, 0.15) is 57.8 Å². The first-order chi connectivity index (χ1) is 11.0. The van der Waals surface area contributed by atoms with Crippen LogP contribution < -0.4 is 10.1 Å². The van der Waals surface area contributed by atoms with Crippen molar-refractivity contribution in [2.75, 3.05) is 12.4 Å². The van der Waals surface area contributed by atoms with Crippen molar-refractivity contribution in [1.29, 1.82) is 0 Å². The third-order valence-corrected chi connectivity index (χ3v) is 3.21. The number of Topliss-reactive ketones (excluding diaryl/α,β-unsaturated/α-hetero) is 1. The lowest BCUT2D eigenvalue weighted by Crippen LogP contribution is -2.03. The van der Waals surface area contributed by atoms with Gasteiger partial charge >= 0.3 is 5.97 Å². The average molecular weight is 321 g/mol. The number of carboxylic acid groups (broad SMARTS) is 1. The van der Waals surface area contributed by atoms with E-state index in [0.29, 0.717) is 24.3 Å². The molecule has 0 amide bonds. The Hall–Kier alpha value is -2.30. The van der Waals surface area contributed by atoms with Gasteiger partial charge in [0.2, 0.25) is 0 Å². The molecule has 128 valence electrons. The minimum atomic E-state index is -1.00. The van der Waals surface area contributed by atoms with Crippen LogP contribution in [0.15, 0.2) is 29.5 Å². The van der Waals surface area contributed by atoms with E-state index >= 15 is 0 Å². The third kappa shape index (κ3) is 5.43. The molecule has 0 aliphatic heterocycles. The molecule has 0 fully saturated rings. The highest BCUT2D eigenvalue weighted by Crippen LogP contribution is 2.30. The molecule has 1 aromatic carbocycles. The van der Waals surface area contributed by atoms with Gasteiger partial charge in [-0.1, -0.05) is 27.7 Å². The van der Waals surface area contributed by atoms with Crippen LogP contribution >= 0.6 is 0 Å². The van der Waals surface area contributed by atoms with Gasteiger partial charge < -0.3 is 15.2 Å². The van der Waals surface area contributed by atoms with E-state index in [9.17, 15) is 9.59 Å². The van der Waals surface area contributed by atoms with Crippen molar-refractivity contribution < 1.29 is 19.4 Å². The minimum Gasteiger partial charge on any atom is -0.495 e. The van der Waals surface area contributed by atoms with Crippen molar-refractivity contribution >= 4 is 17.4 Å². The monoisotopic (exact) mass is 321 g/mol. The third-order valence-electron chi connectivity index (χ3n) is 3.21. The standard InChI is InChI=1S/C14H15NO4.2C2H6/c1-8-10(5-6-12(8)16)15-11-4-3-9(14(17)18)7-13(11)19-2;2*1-2/h3-4,7,15H,5-6H2,1-2H3,(H,17,18);2*1-2H3. The zero-order valence-electron chi connectivity index (χ0n) is 14.8. The summed E-state index contributed by atoms with van der Waals surface area (Å²) in [5.74, 6) is -0.417. The second-order valence-corrected chi connectivity index (χ2v) is 4.37. The molecule has 0 aromatic heterocycles. The van der Waals surface area contributed by atoms with Crippen LogP contribution in [0.2, 0.25) is 0 Å². The van der Waals surface area contributed by atoms with Gasteiger partial charge in [-0.2, -0.15) is 0 Å². The highest BCUT2D eigenvalue weighted by atomic mass is 16.5. The Morgan fingerprint density at radius 3 is 2.22 bits per heavy atom. The van der Waals surface area contributed by atoms with Crippen LogP contribution in [0, 0.1) is 0 Å². The summed E-state index contributed by atoms with van der Waals surface area (Å²) in [6.07, 6.45) is 1.19. The molecule has 1 aliphatic carbocycles. The Balaban J connectivity index is 0.00000112. The number of allylic oxidation sites excluding steroid dienone is 2. The number of ether oxygens (including phenoxy) is 1. The molecular weight excluding hydrogens is 294 g/mol. The second kappa shape index (κ2) is 10.4. The Labute approximate surface area is 138 Å². The molecule has 0 saturated heterocycles. The number of carbonyl (C=O) groups excluding carboxylic acids is 1. The van der Waals surface area contributed by atoms with Crippen LogP contribution in [-0.2, 0) is 4.79 Å². The predicted octanol–water partition coefficient (Wildman–Crippen LogP) is 4.49. The maximum absolute atomic E-state index is 11.5. The Bertz CT molecular complexity index is 576. The average Bonchev–Trinajstić information content (AvgIpc) is 2.90. The van der Waals surface area contributed by atoms with E-state index in [1.54, 1.807) is 13.0 Å². The molecular formula is C18H27NO4. The summed E-state index contributed by atoms with van der Waals surface area (Å²) in [5.41, 5.74) is 2.42. The lowest BCUT2D eigenvalue weighted by Gasteiger charge is -2.13. The number of methoxy groups -OCH3 is 1. The fourth-order valence-corrected chi connectivity index (χ4v) is 2.03. The number of ketones is 1. The van der Waals surface area contributed by atoms with E-state index < -0.39 is 5.97 Å². The number of nitrogens with one attached hydrogen (secondary N) is 1. The van der Waals surface area contributed by atoms with Gasteiger partial charge in [-0.15, -0.1) is 0 Å². The molecule has 1 aromatic rings. The van der Waals surface area contributed by atoms with Crippen molar-refractivity contribution in [3.63, 3.8) is 0 Å². The van der Waals surface area contributed by atoms with Crippen LogP contribution in [0.25, 0.3) is 0 Å². The number of rotatable bonds is 4. The van der Waals surface area contributed by atoms with Crippen molar-refractivity contribution in [1.82, 2.24) is 0 Å². The summed E-state index contributed by atoms with van der Waals surface area (Å²) in [7, 11) is 1.48. The number of benzene rings is 1. The van der Waals surface area contributed by atoms with Crippen LogP contribution in [-0.4, -0.2) is 24.0 Å². The topological polar surface area (TPSA) is 75.6 Å². The number of hydrogen-bond donors (Lipinski definition) is 2. The van der Waals surface area contributed by atoms with Gasteiger partial charge in [0.05, 0.1) is 18.4 Å². The lowest BCUT2D eigenvalue weighted by molar-refractivity contribution is -0.114. The first-order valence-electron chi connectivity index (χ1n) is 7.94. The zero-order chi connectivity index (χ0) is 18.0. The highest BCUT2D eigenvalue weighted by molar-refractivity contribution is 5.99. The fraction of sp³-hybridized carbons (Fsp3) is 0.444. The largest absolute Gasteiger partial charge is 0.495 e. The van der Waals surface area contributed by atoms with Gasteiger partial charge in [-0.25, -0.2) is 4.79 Å². The fourth-order valence-electron chi connectivity index (χ4n) is 2.03. The summed E-state index contributed by atoms with van der Waals surface area (Å²) in [4.78, 5) is 22.4. The maximum Gasteiger partial charge on any atom is 0.335 e. The highest BCUT2D eigenvalue weighted by Gasteiger charge is 2.20. The number of carboxylic acids is 1. The normalized spacial score (nSPS) is 12.7. The van der Waals surface area contributed by atoms with Crippen molar-refractivity contribution in [2.24, 2.45) is 0 Å². The second-order valence-electron chi connectivity index (χ2n) is 4.37.